The number of amides is 2. The van der Waals surface area contributed by atoms with E-state index in [0.717, 1.165) is 31.6 Å². The predicted octanol–water partition coefficient (Wildman–Crippen LogP) is 5.12. The van der Waals surface area contributed by atoms with Crippen molar-refractivity contribution in [1.29, 1.82) is 0 Å². The Balaban J connectivity index is 1.74. The normalized spacial score (nSPS) is 27.4. The van der Waals surface area contributed by atoms with Crippen LogP contribution in [0.25, 0.3) is 0 Å². The highest BCUT2D eigenvalue weighted by Crippen LogP contribution is 2.64. The fraction of sp³-hybridized carbons (Fsp3) is 0.639. The Morgan fingerprint density at radius 1 is 1.11 bits per heavy atom. The van der Waals surface area contributed by atoms with Crippen molar-refractivity contribution in [2.24, 2.45) is 17.8 Å². The number of carbonyl (C=O) groups is 3. The minimum Gasteiger partial charge on any atom is -0.465 e. The molecule has 1 spiro atoms. The summed E-state index contributed by atoms with van der Waals surface area (Å²) in [5.74, 6) is -2.62. The van der Waals surface area contributed by atoms with Crippen LogP contribution in [0.15, 0.2) is 49.6 Å². The number of rotatable bonds is 17. The van der Waals surface area contributed by atoms with Gasteiger partial charge in [-0.1, -0.05) is 26.0 Å². The lowest BCUT2D eigenvalue weighted by atomic mass is 9.66. The van der Waals surface area contributed by atoms with E-state index in [0.29, 0.717) is 31.4 Å². The number of carbonyl (C=O) groups excluding carboxylic acids is 3. The molecule has 0 radical (unpaired) electrons. The number of fused-ring (bicyclic) bond motifs is 1. The van der Waals surface area contributed by atoms with Gasteiger partial charge < -0.3 is 29.3 Å². The molecule has 3 fully saturated rings. The van der Waals surface area contributed by atoms with Crippen molar-refractivity contribution in [3.63, 3.8) is 0 Å². The van der Waals surface area contributed by atoms with Gasteiger partial charge in [0.25, 0.3) is 5.91 Å². The molecule has 45 heavy (non-hydrogen) atoms. The summed E-state index contributed by atoms with van der Waals surface area (Å²) in [6.07, 6.45) is 7.39. The molecule has 9 heteroatoms. The van der Waals surface area contributed by atoms with Crippen molar-refractivity contribution >= 4 is 29.2 Å². The molecule has 3 heterocycles. The number of hydrogen-bond acceptors (Lipinski definition) is 7. The molecule has 248 valence electrons. The van der Waals surface area contributed by atoms with E-state index in [1.807, 2.05) is 51.1 Å². The molecule has 3 aliphatic heterocycles. The lowest BCUT2D eigenvalue weighted by Crippen LogP contribution is -2.59. The molecule has 0 aliphatic carbocycles. The van der Waals surface area contributed by atoms with Gasteiger partial charge >= 0.3 is 5.97 Å². The summed E-state index contributed by atoms with van der Waals surface area (Å²) >= 11 is 0. The summed E-state index contributed by atoms with van der Waals surface area (Å²) in [4.78, 5) is 48.6. The molecule has 2 bridgehead atoms. The Labute approximate surface area is 269 Å². The van der Waals surface area contributed by atoms with Gasteiger partial charge in [-0.15, -0.1) is 13.2 Å². The van der Waals surface area contributed by atoms with Crippen LogP contribution in [0.2, 0.25) is 0 Å². The van der Waals surface area contributed by atoms with Gasteiger partial charge in [-0.25, -0.2) is 0 Å². The quantitative estimate of drug-likeness (QED) is 0.146. The SMILES string of the molecule is C=CCCCCOC(=O)[C@@H]1[C@H]2C(=O)N([C@@H](CO)CC(C)C)C(C(=O)N(CC=C)c3ccc(N(CC)CC)cc3)C23CC[C@@]1(C)O3. The molecule has 0 aromatic heterocycles. The highest BCUT2D eigenvalue weighted by molar-refractivity contribution is 6.05. The summed E-state index contributed by atoms with van der Waals surface area (Å²) in [6.45, 7) is 19.7. The standard InChI is InChI=1S/C36H53N3O6/c1-8-12-13-14-22-44-34(43)30-29-32(41)39(28(24-40)23-25(5)6)31(36(29)20-19-35(30,7)45-36)33(42)38(21-9-2)27-17-15-26(16-18-27)37(10-3)11-4/h8-9,15-18,25,28-31,40H,1-2,10-14,19-24H2,3-7H3/t28-,29+,30+,31?,35-,36?/m1/s1. The smallest absolute Gasteiger partial charge is 0.312 e. The lowest BCUT2D eigenvalue weighted by molar-refractivity contribution is -0.160. The maximum absolute atomic E-state index is 14.9. The number of anilines is 2. The first-order valence-electron chi connectivity index (χ1n) is 16.7. The third-order valence-corrected chi connectivity index (χ3v) is 9.96. The number of unbranched alkanes of at least 4 members (excludes halogenated alkanes) is 2. The van der Waals surface area contributed by atoms with Crippen molar-refractivity contribution in [2.45, 2.75) is 96.4 Å². The highest BCUT2D eigenvalue weighted by atomic mass is 16.6. The molecule has 9 nitrogen and oxygen atoms in total. The second-order valence-corrected chi connectivity index (χ2v) is 13.3. The topological polar surface area (TPSA) is 99.6 Å². The fourth-order valence-corrected chi connectivity index (χ4v) is 7.90. The third-order valence-electron chi connectivity index (χ3n) is 9.96. The van der Waals surface area contributed by atoms with Crippen molar-refractivity contribution < 1.29 is 29.0 Å². The fourth-order valence-electron chi connectivity index (χ4n) is 7.90. The monoisotopic (exact) mass is 623 g/mol. The molecule has 4 rings (SSSR count). The van der Waals surface area contributed by atoms with Gasteiger partial charge in [0, 0.05) is 31.0 Å². The van der Waals surface area contributed by atoms with Crippen LogP contribution in [0, 0.1) is 17.8 Å². The molecular formula is C36H53N3O6. The average Bonchev–Trinajstić information content (AvgIpc) is 3.59. The molecule has 1 aromatic carbocycles. The Bertz CT molecular complexity index is 1230. The van der Waals surface area contributed by atoms with Gasteiger partial charge in [-0.3, -0.25) is 14.4 Å². The number of nitrogens with zero attached hydrogens (tertiary/aromatic N) is 3. The van der Waals surface area contributed by atoms with Gasteiger partial charge in [-0.05, 0) is 89.5 Å². The van der Waals surface area contributed by atoms with E-state index >= 15 is 0 Å². The molecule has 0 saturated carbocycles. The van der Waals surface area contributed by atoms with Crippen LogP contribution >= 0.6 is 0 Å². The maximum atomic E-state index is 14.9. The van der Waals surface area contributed by atoms with E-state index in [1.165, 1.54) is 0 Å². The van der Waals surface area contributed by atoms with Crippen LogP contribution in [0.5, 0.6) is 0 Å². The van der Waals surface area contributed by atoms with E-state index in [2.05, 4.69) is 31.9 Å². The minimum atomic E-state index is -1.21. The lowest BCUT2D eigenvalue weighted by Gasteiger charge is -2.40. The zero-order valence-electron chi connectivity index (χ0n) is 27.9. The average molecular weight is 624 g/mol. The first kappa shape index (κ1) is 34.7. The molecule has 1 N–H and O–H groups in total. The van der Waals surface area contributed by atoms with Crippen molar-refractivity contribution in [3.8, 4) is 0 Å². The molecule has 6 atom stereocenters. The molecule has 2 unspecified atom stereocenters. The Hall–Kier alpha value is -3.17. The highest BCUT2D eigenvalue weighted by Gasteiger charge is 2.79. The molecule has 2 amide bonds. The zero-order chi connectivity index (χ0) is 32.9. The molecule has 3 aliphatic rings. The van der Waals surface area contributed by atoms with Crippen LogP contribution in [0.1, 0.15) is 73.1 Å². The number of esters is 1. The minimum absolute atomic E-state index is 0.159. The van der Waals surface area contributed by atoms with Crippen LogP contribution in [-0.2, 0) is 23.9 Å². The van der Waals surface area contributed by atoms with Crippen molar-refractivity contribution in [1.82, 2.24) is 4.90 Å². The van der Waals surface area contributed by atoms with Crippen LogP contribution in [0.4, 0.5) is 11.4 Å². The first-order valence-corrected chi connectivity index (χ1v) is 16.7. The predicted molar refractivity (Wildman–Crippen MR) is 177 cm³/mol. The summed E-state index contributed by atoms with van der Waals surface area (Å²) in [5, 5.41) is 10.6. The maximum Gasteiger partial charge on any atom is 0.312 e. The van der Waals surface area contributed by atoms with E-state index < -0.39 is 41.1 Å². The number of aliphatic hydroxyl groups excluding tert-OH is 1. The summed E-state index contributed by atoms with van der Waals surface area (Å²) in [5.41, 5.74) is -0.396. The van der Waals surface area contributed by atoms with Crippen LogP contribution in [0.3, 0.4) is 0 Å². The van der Waals surface area contributed by atoms with Gasteiger partial charge in [0.2, 0.25) is 5.91 Å². The molecule has 1 aromatic rings. The van der Waals surface area contributed by atoms with Crippen LogP contribution < -0.4 is 9.80 Å². The first-order chi connectivity index (χ1) is 21.5. The van der Waals surface area contributed by atoms with E-state index in [-0.39, 0.29) is 37.5 Å². The number of benzene rings is 1. The van der Waals surface area contributed by atoms with Gasteiger partial charge in [0.05, 0.1) is 30.8 Å². The number of ether oxygens (including phenoxy) is 2. The second-order valence-electron chi connectivity index (χ2n) is 13.3. The van der Waals surface area contributed by atoms with E-state index in [9.17, 15) is 19.5 Å². The Morgan fingerprint density at radius 3 is 2.36 bits per heavy atom. The number of aliphatic hydroxyl groups is 1. The van der Waals surface area contributed by atoms with Crippen molar-refractivity contribution in [3.05, 3.63) is 49.6 Å². The summed E-state index contributed by atoms with van der Waals surface area (Å²) in [6, 6.07) is 6.22. The number of allylic oxidation sites excluding steroid dienone is 1. The second kappa shape index (κ2) is 14.5. The zero-order valence-corrected chi connectivity index (χ0v) is 27.9. The van der Waals surface area contributed by atoms with Gasteiger partial charge in [-0.2, -0.15) is 0 Å². The van der Waals surface area contributed by atoms with E-state index in [1.54, 1.807) is 15.9 Å². The molecule has 3 saturated heterocycles. The summed E-state index contributed by atoms with van der Waals surface area (Å²) in [7, 11) is 0. The van der Waals surface area contributed by atoms with Crippen LogP contribution in [-0.4, -0.2) is 83.9 Å². The number of likely N-dealkylation sites (tertiary alicyclic amines) is 1. The third kappa shape index (κ3) is 6.43. The largest absolute Gasteiger partial charge is 0.465 e. The molecular weight excluding hydrogens is 570 g/mol. The van der Waals surface area contributed by atoms with Gasteiger partial charge in [0.15, 0.2) is 0 Å². The van der Waals surface area contributed by atoms with E-state index in [4.69, 9.17) is 9.47 Å². The summed E-state index contributed by atoms with van der Waals surface area (Å²) < 4.78 is 12.5. The van der Waals surface area contributed by atoms with Crippen molar-refractivity contribution in [2.75, 3.05) is 42.6 Å². The number of hydrogen-bond donors (Lipinski definition) is 1. The van der Waals surface area contributed by atoms with Gasteiger partial charge in [0.1, 0.15) is 17.6 Å². The Kier molecular flexibility index (Phi) is 11.2. The Morgan fingerprint density at radius 2 is 1.78 bits per heavy atom.